The fourth-order valence-corrected chi connectivity index (χ4v) is 2.53. The minimum atomic E-state index is -0.296. The quantitative estimate of drug-likeness (QED) is 0.781. The first-order chi connectivity index (χ1) is 11.3. The van der Waals surface area contributed by atoms with Crippen molar-refractivity contribution < 1.29 is 18.7 Å². The molecule has 1 amide bonds. The minimum Gasteiger partial charge on any atom is -0.490 e. The highest BCUT2D eigenvalue weighted by Gasteiger charge is 2.15. The number of carbonyl (C=O) groups excluding carboxylic acids is 1. The third-order valence-electron chi connectivity index (χ3n) is 3.65. The SMILES string of the molecule is O=C(Nc1ccc2c(c1)OCCCO2)c1cc2ccccc2o1. The lowest BCUT2D eigenvalue weighted by Gasteiger charge is -2.09. The molecule has 2 heterocycles. The van der Waals surface area contributed by atoms with Crippen molar-refractivity contribution >= 4 is 22.6 Å². The van der Waals surface area contributed by atoms with Gasteiger partial charge in [0.15, 0.2) is 17.3 Å². The molecular formula is C18H15NO4. The third-order valence-corrected chi connectivity index (χ3v) is 3.65. The predicted octanol–water partition coefficient (Wildman–Crippen LogP) is 3.85. The summed E-state index contributed by atoms with van der Waals surface area (Å²) in [6, 6.07) is 14.6. The molecule has 1 aliphatic heterocycles. The number of ether oxygens (including phenoxy) is 2. The Morgan fingerprint density at radius 1 is 0.957 bits per heavy atom. The van der Waals surface area contributed by atoms with Crippen molar-refractivity contribution in [1.82, 2.24) is 0 Å². The lowest BCUT2D eigenvalue weighted by Crippen LogP contribution is -2.10. The fourth-order valence-electron chi connectivity index (χ4n) is 2.53. The summed E-state index contributed by atoms with van der Waals surface area (Å²) in [5, 5.41) is 3.72. The third kappa shape index (κ3) is 2.73. The van der Waals surface area contributed by atoms with Gasteiger partial charge in [0.2, 0.25) is 0 Å². The van der Waals surface area contributed by atoms with Crippen molar-refractivity contribution in [3.05, 3.63) is 54.3 Å². The molecule has 0 radical (unpaired) electrons. The van der Waals surface area contributed by atoms with E-state index in [-0.39, 0.29) is 11.7 Å². The molecule has 1 N–H and O–H groups in total. The summed E-state index contributed by atoms with van der Waals surface area (Å²) in [5.41, 5.74) is 1.33. The maximum Gasteiger partial charge on any atom is 0.291 e. The van der Waals surface area contributed by atoms with E-state index in [2.05, 4.69) is 5.32 Å². The van der Waals surface area contributed by atoms with Gasteiger partial charge < -0.3 is 19.2 Å². The summed E-state index contributed by atoms with van der Waals surface area (Å²) < 4.78 is 16.8. The Bertz CT molecular complexity index is 835. The molecule has 0 bridgehead atoms. The van der Waals surface area contributed by atoms with Gasteiger partial charge in [-0.1, -0.05) is 18.2 Å². The minimum absolute atomic E-state index is 0.276. The van der Waals surface area contributed by atoms with Crippen LogP contribution in [0.2, 0.25) is 0 Å². The Morgan fingerprint density at radius 3 is 2.65 bits per heavy atom. The summed E-state index contributed by atoms with van der Waals surface area (Å²) in [4.78, 5) is 12.3. The van der Waals surface area contributed by atoms with Crippen LogP contribution in [0.4, 0.5) is 5.69 Å². The first-order valence-electron chi connectivity index (χ1n) is 7.49. The van der Waals surface area contributed by atoms with Crippen LogP contribution in [0.25, 0.3) is 11.0 Å². The van der Waals surface area contributed by atoms with Crippen LogP contribution in [-0.2, 0) is 0 Å². The van der Waals surface area contributed by atoms with Gasteiger partial charge in [0.25, 0.3) is 5.91 Å². The van der Waals surface area contributed by atoms with Gasteiger partial charge in [-0.2, -0.15) is 0 Å². The molecule has 0 saturated carbocycles. The zero-order chi connectivity index (χ0) is 15.6. The van der Waals surface area contributed by atoms with Gasteiger partial charge in [-0.25, -0.2) is 0 Å². The number of hydrogen-bond acceptors (Lipinski definition) is 4. The molecule has 1 aromatic heterocycles. The largest absolute Gasteiger partial charge is 0.490 e. The highest BCUT2D eigenvalue weighted by molar-refractivity contribution is 6.04. The van der Waals surface area contributed by atoms with Gasteiger partial charge in [0, 0.05) is 23.6 Å². The maximum atomic E-state index is 12.3. The maximum absolute atomic E-state index is 12.3. The summed E-state index contributed by atoms with van der Waals surface area (Å²) in [6.45, 7) is 1.24. The summed E-state index contributed by atoms with van der Waals surface area (Å²) in [6.07, 6.45) is 0.843. The second-order valence-electron chi connectivity index (χ2n) is 5.31. The van der Waals surface area contributed by atoms with E-state index in [0.29, 0.717) is 36.0 Å². The molecule has 0 atom stereocenters. The molecule has 0 fully saturated rings. The van der Waals surface area contributed by atoms with Crippen LogP contribution in [0.15, 0.2) is 52.9 Å². The van der Waals surface area contributed by atoms with Crippen LogP contribution >= 0.6 is 0 Å². The van der Waals surface area contributed by atoms with E-state index in [1.165, 1.54) is 0 Å². The first kappa shape index (κ1) is 13.7. The van der Waals surface area contributed by atoms with E-state index in [9.17, 15) is 4.79 Å². The number of rotatable bonds is 2. The predicted molar refractivity (Wildman–Crippen MR) is 86.2 cm³/mol. The van der Waals surface area contributed by atoms with Crippen LogP contribution in [-0.4, -0.2) is 19.1 Å². The molecule has 2 aromatic carbocycles. The smallest absolute Gasteiger partial charge is 0.291 e. The Balaban J connectivity index is 1.57. The van der Waals surface area contributed by atoms with E-state index in [1.807, 2.05) is 24.3 Å². The lowest BCUT2D eigenvalue weighted by atomic mass is 10.2. The molecule has 0 aliphatic carbocycles. The topological polar surface area (TPSA) is 60.7 Å². The van der Waals surface area contributed by atoms with Crippen molar-refractivity contribution in [3.63, 3.8) is 0 Å². The number of anilines is 1. The van der Waals surface area contributed by atoms with Crippen LogP contribution < -0.4 is 14.8 Å². The number of hydrogen-bond donors (Lipinski definition) is 1. The molecule has 1 aliphatic rings. The number of benzene rings is 2. The number of amides is 1. The highest BCUT2D eigenvalue weighted by atomic mass is 16.5. The molecule has 0 spiro atoms. The molecule has 0 saturated heterocycles. The molecular weight excluding hydrogens is 294 g/mol. The zero-order valence-electron chi connectivity index (χ0n) is 12.4. The van der Waals surface area contributed by atoms with Crippen molar-refractivity contribution in [2.24, 2.45) is 0 Å². The van der Waals surface area contributed by atoms with Gasteiger partial charge in [-0.15, -0.1) is 0 Å². The van der Waals surface area contributed by atoms with Crippen molar-refractivity contribution in [1.29, 1.82) is 0 Å². The van der Waals surface area contributed by atoms with Gasteiger partial charge in [0.05, 0.1) is 13.2 Å². The highest BCUT2D eigenvalue weighted by Crippen LogP contribution is 2.32. The van der Waals surface area contributed by atoms with Crippen molar-refractivity contribution in [2.45, 2.75) is 6.42 Å². The Hall–Kier alpha value is -2.95. The number of fused-ring (bicyclic) bond motifs is 2. The lowest BCUT2D eigenvalue weighted by molar-refractivity contribution is 0.0998. The molecule has 4 rings (SSSR count). The molecule has 5 nitrogen and oxygen atoms in total. The van der Waals surface area contributed by atoms with Crippen LogP contribution in [0.3, 0.4) is 0 Å². The number of carbonyl (C=O) groups is 1. The molecule has 23 heavy (non-hydrogen) atoms. The second-order valence-corrected chi connectivity index (χ2v) is 5.31. The van der Waals surface area contributed by atoms with Crippen molar-refractivity contribution in [2.75, 3.05) is 18.5 Å². The van der Waals surface area contributed by atoms with Gasteiger partial charge in [-0.05, 0) is 24.3 Å². The normalized spacial score (nSPS) is 13.6. The number of nitrogens with one attached hydrogen (secondary N) is 1. The molecule has 5 heteroatoms. The van der Waals surface area contributed by atoms with Crippen LogP contribution in [0, 0.1) is 0 Å². The Morgan fingerprint density at radius 2 is 1.78 bits per heavy atom. The number of furan rings is 1. The number of para-hydroxylation sites is 1. The standard InChI is InChI=1S/C18H15NO4/c20-18(17-10-12-4-1-2-5-14(12)23-17)19-13-6-7-15-16(11-13)22-9-3-8-21-15/h1-2,4-7,10-11H,3,8-9H2,(H,19,20). The Kier molecular flexibility index (Phi) is 3.38. The summed E-state index contributed by atoms with van der Waals surface area (Å²) >= 11 is 0. The molecule has 0 unspecified atom stereocenters. The first-order valence-corrected chi connectivity index (χ1v) is 7.49. The average Bonchev–Trinajstić information content (AvgIpc) is 2.87. The van der Waals surface area contributed by atoms with Gasteiger partial charge in [0.1, 0.15) is 5.58 Å². The van der Waals surface area contributed by atoms with E-state index in [4.69, 9.17) is 13.9 Å². The summed E-state index contributed by atoms with van der Waals surface area (Å²) in [5.74, 6) is 1.32. The molecule has 3 aromatic rings. The van der Waals surface area contributed by atoms with Gasteiger partial charge in [-0.3, -0.25) is 4.79 Å². The average molecular weight is 309 g/mol. The van der Waals surface area contributed by atoms with Gasteiger partial charge >= 0.3 is 0 Å². The second kappa shape index (κ2) is 5.68. The molecule has 116 valence electrons. The van der Waals surface area contributed by atoms with E-state index >= 15 is 0 Å². The zero-order valence-corrected chi connectivity index (χ0v) is 12.4. The van der Waals surface area contributed by atoms with Crippen LogP contribution in [0.5, 0.6) is 11.5 Å². The van der Waals surface area contributed by atoms with E-state index in [0.717, 1.165) is 11.8 Å². The monoisotopic (exact) mass is 309 g/mol. The van der Waals surface area contributed by atoms with E-state index < -0.39 is 0 Å². The van der Waals surface area contributed by atoms with E-state index in [1.54, 1.807) is 24.3 Å². The summed E-state index contributed by atoms with van der Waals surface area (Å²) in [7, 11) is 0. The Labute approximate surface area is 132 Å². The fraction of sp³-hybridized carbons (Fsp3) is 0.167. The van der Waals surface area contributed by atoms with Crippen LogP contribution in [0.1, 0.15) is 17.0 Å². The van der Waals surface area contributed by atoms with Crippen molar-refractivity contribution in [3.8, 4) is 11.5 Å².